The van der Waals surface area contributed by atoms with Crippen molar-refractivity contribution in [3.05, 3.63) is 0 Å². The van der Waals surface area contributed by atoms with Crippen LogP contribution in [-0.2, 0) is 14.3 Å². The van der Waals surface area contributed by atoms with E-state index in [1.165, 1.54) is 7.11 Å². The Hall–Kier alpha value is -0.650. The number of aliphatic hydroxyl groups is 1. The standard InChI is InChI=1S/C9H19NO4/c1-6(2)8(10)9(12)14-5-4-7(11)13-3/h6-8,11H,4-5,10H2,1-3H3/t7?,8-/m0/s1. The van der Waals surface area contributed by atoms with E-state index < -0.39 is 18.3 Å². The summed E-state index contributed by atoms with van der Waals surface area (Å²) >= 11 is 0. The van der Waals surface area contributed by atoms with E-state index in [0.29, 0.717) is 0 Å². The molecule has 0 aliphatic rings. The Kier molecular flexibility index (Phi) is 6.44. The van der Waals surface area contributed by atoms with Crippen LogP contribution in [-0.4, -0.2) is 37.1 Å². The predicted octanol–water partition coefficient (Wildman–Crippen LogP) is -0.132. The molecule has 0 spiro atoms. The molecule has 0 saturated heterocycles. The summed E-state index contributed by atoms with van der Waals surface area (Å²) in [6.07, 6.45) is -0.634. The minimum Gasteiger partial charge on any atom is -0.464 e. The number of carbonyl (C=O) groups is 1. The molecular formula is C9H19NO4. The maximum absolute atomic E-state index is 11.2. The van der Waals surface area contributed by atoms with Crippen LogP contribution in [0.1, 0.15) is 20.3 Å². The molecule has 14 heavy (non-hydrogen) atoms. The molecule has 0 bridgehead atoms. The van der Waals surface area contributed by atoms with E-state index >= 15 is 0 Å². The number of rotatable bonds is 6. The summed E-state index contributed by atoms with van der Waals surface area (Å²) in [7, 11) is 1.38. The second kappa shape index (κ2) is 6.75. The highest BCUT2D eigenvalue weighted by molar-refractivity contribution is 5.75. The minimum absolute atomic E-state index is 0.0508. The smallest absolute Gasteiger partial charge is 0.323 e. The second-order valence-electron chi connectivity index (χ2n) is 3.42. The Morgan fingerprint density at radius 2 is 2.07 bits per heavy atom. The van der Waals surface area contributed by atoms with Crippen molar-refractivity contribution in [1.29, 1.82) is 0 Å². The average Bonchev–Trinajstić information content (AvgIpc) is 2.15. The first-order valence-electron chi connectivity index (χ1n) is 4.62. The maximum Gasteiger partial charge on any atom is 0.323 e. The lowest BCUT2D eigenvalue weighted by atomic mass is 10.1. The summed E-state index contributed by atoms with van der Waals surface area (Å²) in [4.78, 5) is 11.2. The van der Waals surface area contributed by atoms with Gasteiger partial charge in [-0.1, -0.05) is 13.8 Å². The largest absolute Gasteiger partial charge is 0.464 e. The summed E-state index contributed by atoms with van der Waals surface area (Å²) in [5, 5.41) is 8.97. The Morgan fingerprint density at radius 3 is 2.50 bits per heavy atom. The summed E-state index contributed by atoms with van der Waals surface area (Å²) < 4.78 is 9.41. The van der Waals surface area contributed by atoms with Crippen molar-refractivity contribution in [3.63, 3.8) is 0 Å². The topological polar surface area (TPSA) is 81.8 Å². The molecule has 84 valence electrons. The van der Waals surface area contributed by atoms with Gasteiger partial charge in [-0.2, -0.15) is 0 Å². The van der Waals surface area contributed by atoms with Gasteiger partial charge in [0.25, 0.3) is 0 Å². The van der Waals surface area contributed by atoms with E-state index in [4.69, 9.17) is 15.6 Å². The Labute approximate surface area is 84.2 Å². The fourth-order valence-corrected chi connectivity index (χ4v) is 0.747. The van der Waals surface area contributed by atoms with Crippen LogP contribution in [0.25, 0.3) is 0 Å². The lowest BCUT2D eigenvalue weighted by Gasteiger charge is -2.15. The molecule has 0 aromatic heterocycles. The van der Waals surface area contributed by atoms with Gasteiger partial charge in [0.15, 0.2) is 6.29 Å². The molecule has 0 fully saturated rings. The minimum atomic E-state index is -0.891. The van der Waals surface area contributed by atoms with Crippen LogP contribution in [0.3, 0.4) is 0 Å². The lowest BCUT2D eigenvalue weighted by molar-refractivity contribution is -0.149. The first-order chi connectivity index (χ1) is 6.49. The molecule has 3 N–H and O–H groups in total. The quantitative estimate of drug-likeness (QED) is 0.466. The van der Waals surface area contributed by atoms with E-state index in [1.807, 2.05) is 13.8 Å². The first kappa shape index (κ1) is 13.4. The van der Waals surface area contributed by atoms with Gasteiger partial charge < -0.3 is 20.3 Å². The highest BCUT2D eigenvalue weighted by Crippen LogP contribution is 2.01. The molecule has 0 rings (SSSR count). The molecule has 0 aromatic rings. The monoisotopic (exact) mass is 205 g/mol. The highest BCUT2D eigenvalue weighted by Gasteiger charge is 2.18. The van der Waals surface area contributed by atoms with Crippen LogP contribution < -0.4 is 5.73 Å². The zero-order chi connectivity index (χ0) is 11.1. The predicted molar refractivity (Wildman–Crippen MR) is 51.4 cm³/mol. The number of hydrogen-bond acceptors (Lipinski definition) is 5. The van der Waals surface area contributed by atoms with Crippen LogP contribution in [0.2, 0.25) is 0 Å². The second-order valence-corrected chi connectivity index (χ2v) is 3.42. The van der Waals surface area contributed by atoms with Crippen LogP contribution in [0, 0.1) is 5.92 Å². The number of nitrogens with two attached hydrogens (primary N) is 1. The van der Waals surface area contributed by atoms with Crippen molar-refractivity contribution < 1.29 is 19.4 Å². The van der Waals surface area contributed by atoms with Crippen molar-refractivity contribution in [1.82, 2.24) is 0 Å². The van der Waals surface area contributed by atoms with Crippen LogP contribution in [0.5, 0.6) is 0 Å². The van der Waals surface area contributed by atoms with E-state index in [9.17, 15) is 4.79 Å². The lowest BCUT2D eigenvalue weighted by Crippen LogP contribution is -2.37. The van der Waals surface area contributed by atoms with E-state index in [2.05, 4.69) is 4.74 Å². The van der Waals surface area contributed by atoms with Gasteiger partial charge in [0.2, 0.25) is 0 Å². The average molecular weight is 205 g/mol. The highest BCUT2D eigenvalue weighted by atomic mass is 16.6. The molecule has 0 aromatic carbocycles. The zero-order valence-corrected chi connectivity index (χ0v) is 8.90. The molecule has 0 aliphatic carbocycles. The third-order valence-electron chi connectivity index (χ3n) is 1.87. The van der Waals surface area contributed by atoms with E-state index in [-0.39, 0.29) is 18.9 Å². The first-order valence-corrected chi connectivity index (χ1v) is 4.62. The Morgan fingerprint density at radius 1 is 1.50 bits per heavy atom. The van der Waals surface area contributed by atoms with Crippen molar-refractivity contribution in [2.24, 2.45) is 11.7 Å². The maximum atomic E-state index is 11.2. The molecule has 5 heteroatoms. The summed E-state index contributed by atoms with van der Waals surface area (Å²) in [6, 6.07) is -0.602. The van der Waals surface area contributed by atoms with E-state index in [1.54, 1.807) is 0 Å². The SMILES string of the molecule is COC(O)CCOC(=O)[C@@H](N)C(C)C. The van der Waals surface area contributed by atoms with Gasteiger partial charge in [-0.3, -0.25) is 4.79 Å². The molecule has 0 saturated carbocycles. The van der Waals surface area contributed by atoms with Gasteiger partial charge in [0.05, 0.1) is 6.61 Å². The van der Waals surface area contributed by atoms with Crippen LogP contribution in [0.15, 0.2) is 0 Å². The number of aliphatic hydroxyl groups excluding tert-OH is 1. The fourth-order valence-electron chi connectivity index (χ4n) is 0.747. The van der Waals surface area contributed by atoms with Crippen molar-refractivity contribution >= 4 is 5.97 Å². The summed E-state index contributed by atoms with van der Waals surface area (Å²) in [6.45, 7) is 3.81. The van der Waals surface area contributed by atoms with Gasteiger partial charge in [-0.15, -0.1) is 0 Å². The van der Waals surface area contributed by atoms with Crippen molar-refractivity contribution in [2.75, 3.05) is 13.7 Å². The number of ether oxygens (including phenoxy) is 2. The Balaban J connectivity index is 3.64. The van der Waals surface area contributed by atoms with Crippen LogP contribution in [0.4, 0.5) is 0 Å². The van der Waals surface area contributed by atoms with Gasteiger partial charge in [-0.05, 0) is 5.92 Å². The molecule has 1 unspecified atom stereocenters. The van der Waals surface area contributed by atoms with Crippen LogP contribution >= 0.6 is 0 Å². The molecular weight excluding hydrogens is 186 g/mol. The molecule has 0 aliphatic heterocycles. The Bertz CT molecular complexity index is 172. The molecule has 5 nitrogen and oxygen atoms in total. The molecule has 2 atom stereocenters. The van der Waals surface area contributed by atoms with Gasteiger partial charge in [0.1, 0.15) is 6.04 Å². The molecule has 0 heterocycles. The fraction of sp³-hybridized carbons (Fsp3) is 0.889. The molecule has 0 radical (unpaired) electrons. The van der Waals surface area contributed by atoms with Crippen molar-refractivity contribution in [3.8, 4) is 0 Å². The van der Waals surface area contributed by atoms with E-state index in [0.717, 1.165) is 0 Å². The van der Waals surface area contributed by atoms with Gasteiger partial charge in [-0.25, -0.2) is 0 Å². The van der Waals surface area contributed by atoms with Crippen molar-refractivity contribution in [2.45, 2.75) is 32.6 Å². The number of carbonyl (C=O) groups excluding carboxylic acids is 1. The third kappa shape index (κ3) is 5.16. The molecule has 0 amide bonds. The number of methoxy groups -OCH3 is 1. The van der Waals surface area contributed by atoms with Gasteiger partial charge in [0, 0.05) is 13.5 Å². The normalized spacial score (nSPS) is 15.3. The summed E-state index contributed by atoms with van der Waals surface area (Å²) in [5.74, 6) is -0.391. The number of esters is 1. The third-order valence-corrected chi connectivity index (χ3v) is 1.87. The van der Waals surface area contributed by atoms with Gasteiger partial charge >= 0.3 is 5.97 Å². The zero-order valence-electron chi connectivity index (χ0n) is 8.90. The number of hydrogen-bond donors (Lipinski definition) is 2. The summed E-state index contributed by atoms with van der Waals surface area (Å²) in [5.41, 5.74) is 5.54.